The zero-order chi connectivity index (χ0) is 13.4. The Morgan fingerprint density at radius 3 is 2.39 bits per heavy atom. The Balaban J connectivity index is 0.00000180. The normalized spacial score (nSPS) is 35.3. The van der Waals surface area contributed by atoms with E-state index >= 15 is 0 Å². The Bertz CT molecular complexity index is 335. The SMILES string of the molecule is C=CC(=O)NCC12CCC(C(C)(C)C)(CC1)OC2.[HH]. The summed E-state index contributed by atoms with van der Waals surface area (Å²) in [6, 6.07) is 0. The zero-order valence-electron chi connectivity index (χ0n) is 11.8. The lowest BCUT2D eigenvalue weighted by Crippen LogP contribution is -2.59. The highest BCUT2D eigenvalue weighted by Crippen LogP contribution is 2.55. The molecule has 0 unspecified atom stereocenters. The summed E-state index contributed by atoms with van der Waals surface area (Å²) in [4.78, 5) is 11.3. The third kappa shape index (κ3) is 2.20. The van der Waals surface area contributed by atoms with Gasteiger partial charge in [0.05, 0.1) is 12.2 Å². The number of nitrogens with one attached hydrogen (secondary N) is 1. The molecule has 18 heavy (non-hydrogen) atoms. The minimum absolute atomic E-state index is 0. The maximum atomic E-state index is 11.3. The molecule has 0 aromatic carbocycles. The molecular formula is C15H27NO2. The van der Waals surface area contributed by atoms with E-state index in [9.17, 15) is 4.79 Å². The Labute approximate surface area is 111 Å². The van der Waals surface area contributed by atoms with E-state index in [1.807, 2.05) is 0 Å². The molecule has 1 aliphatic carbocycles. The molecule has 1 amide bonds. The van der Waals surface area contributed by atoms with Gasteiger partial charge in [0.1, 0.15) is 0 Å². The number of hydrogen-bond donors (Lipinski definition) is 1. The molecule has 0 aromatic rings. The summed E-state index contributed by atoms with van der Waals surface area (Å²) in [5.41, 5.74) is 0.410. The van der Waals surface area contributed by atoms with Gasteiger partial charge in [-0.2, -0.15) is 0 Å². The molecule has 2 saturated heterocycles. The minimum atomic E-state index is -0.0809. The van der Waals surface area contributed by atoms with Gasteiger partial charge < -0.3 is 10.1 Å². The lowest BCUT2D eigenvalue weighted by atomic mass is 9.59. The maximum absolute atomic E-state index is 11.3. The second-order valence-electron chi connectivity index (χ2n) is 6.95. The zero-order valence-corrected chi connectivity index (χ0v) is 11.8. The van der Waals surface area contributed by atoms with E-state index in [4.69, 9.17) is 4.74 Å². The van der Waals surface area contributed by atoms with Crippen LogP contribution in [0.2, 0.25) is 0 Å². The van der Waals surface area contributed by atoms with E-state index in [1.54, 1.807) is 0 Å². The summed E-state index contributed by atoms with van der Waals surface area (Å²) in [5.74, 6) is -0.0809. The van der Waals surface area contributed by atoms with Crippen LogP contribution >= 0.6 is 0 Å². The van der Waals surface area contributed by atoms with E-state index in [2.05, 4.69) is 32.7 Å². The van der Waals surface area contributed by atoms with Crippen LogP contribution in [-0.2, 0) is 9.53 Å². The van der Waals surface area contributed by atoms with E-state index in [0.29, 0.717) is 0 Å². The monoisotopic (exact) mass is 253 g/mol. The van der Waals surface area contributed by atoms with Crippen LogP contribution in [0.3, 0.4) is 0 Å². The molecule has 0 spiro atoms. The fourth-order valence-corrected chi connectivity index (χ4v) is 3.31. The lowest BCUT2D eigenvalue weighted by Gasteiger charge is -2.58. The molecule has 3 rings (SSSR count). The van der Waals surface area contributed by atoms with E-state index in [0.717, 1.165) is 38.8 Å². The van der Waals surface area contributed by atoms with Crippen LogP contribution in [0.1, 0.15) is 47.9 Å². The molecule has 1 N–H and O–H groups in total. The molecule has 3 aliphatic rings. The van der Waals surface area contributed by atoms with Crippen molar-refractivity contribution >= 4 is 5.91 Å². The topological polar surface area (TPSA) is 38.3 Å². The smallest absolute Gasteiger partial charge is 0.243 e. The molecule has 3 heteroatoms. The van der Waals surface area contributed by atoms with Crippen LogP contribution in [-0.4, -0.2) is 24.7 Å². The summed E-state index contributed by atoms with van der Waals surface area (Å²) < 4.78 is 6.22. The molecule has 0 radical (unpaired) electrons. The first kappa shape index (κ1) is 13.6. The predicted octanol–water partition coefficient (Wildman–Crippen LogP) is 2.91. The molecule has 2 bridgehead atoms. The minimum Gasteiger partial charge on any atom is -0.374 e. The summed E-state index contributed by atoms with van der Waals surface area (Å²) in [5, 5.41) is 2.93. The van der Waals surface area contributed by atoms with Gasteiger partial charge in [-0.3, -0.25) is 4.79 Å². The third-order valence-electron chi connectivity index (χ3n) is 4.96. The number of fused-ring (bicyclic) bond motifs is 3. The van der Waals surface area contributed by atoms with Gasteiger partial charge in [-0.05, 0) is 37.2 Å². The second-order valence-corrected chi connectivity index (χ2v) is 6.95. The quantitative estimate of drug-likeness (QED) is 0.785. The first-order chi connectivity index (χ1) is 8.33. The van der Waals surface area contributed by atoms with Crippen LogP contribution in [0.4, 0.5) is 0 Å². The van der Waals surface area contributed by atoms with Crippen molar-refractivity contribution in [3.63, 3.8) is 0 Å². The number of carbonyl (C=O) groups is 1. The Hall–Kier alpha value is -0.830. The van der Waals surface area contributed by atoms with Crippen molar-refractivity contribution < 1.29 is 11.0 Å². The molecule has 3 fully saturated rings. The van der Waals surface area contributed by atoms with Crippen molar-refractivity contribution in [2.24, 2.45) is 10.8 Å². The molecule has 3 nitrogen and oxygen atoms in total. The van der Waals surface area contributed by atoms with Crippen molar-refractivity contribution in [1.29, 1.82) is 0 Å². The third-order valence-corrected chi connectivity index (χ3v) is 4.96. The summed E-state index contributed by atoms with van der Waals surface area (Å²) >= 11 is 0. The van der Waals surface area contributed by atoms with Crippen molar-refractivity contribution in [3.05, 3.63) is 12.7 Å². The van der Waals surface area contributed by atoms with Gasteiger partial charge in [0.15, 0.2) is 0 Å². The second kappa shape index (κ2) is 4.37. The summed E-state index contributed by atoms with van der Waals surface area (Å²) in [6.07, 6.45) is 5.87. The number of carbonyl (C=O) groups excluding carboxylic acids is 1. The van der Waals surface area contributed by atoms with Gasteiger partial charge in [-0.15, -0.1) is 0 Å². The highest BCUT2D eigenvalue weighted by molar-refractivity contribution is 5.86. The van der Waals surface area contributed by atoms with Gasteiger partial charge >= 0.3 is 0 Å². The average molecular weight is 253 g/mol. The molecule has 2 aliphatic heterocycles. The van der Waals surface area contributed by atoms with Crippen LogP contribution in [0.15, 0.2) is 12.7 Å². The Morgan fingerprint density at radius 2 is 2.00 bits per heavy atom. The van der Waals surface area contributed by atoms with Crippen LogP contribution in [0.5, 0.6) is 0 Å². The molecular weight excluding hydrogens is 226 g/mol. The highest BCUT2D eigenvalue weighted by atomic mass is 16.5. The Kier molecular flexibility index (Phi) is 3.30. The number of ether oxygens (including phenoxy) is 1. The lowest BCUT2D eigenvalue weighted by molar-refractivity contribution is -0.225. The summed E-state index contributed by atoms with van der Waals surface area (Å²) in [6.45, 7) is 11.8. The fraction of sp³-hybridized carbons (Fsp3) is 0.800. The molecule has 104 valence electrons. The maximum Gasteiger partial charge on any atom is 0.243 e. The first-order valence-electron chi connectivity index (χ1n) is 6.87. The predicted molar refractivity (Wildman–Crippen MR) is 74.4 cm³/mol. The van der Waals surface area contributed by atoms with Crippen LogP contribution in [0.25, 0.3) is 0 Å². The van der Waals surface area contributed by atoms with Crippen molar-refractivity contribution in [2.45, 2.75) is 52.1 Å². The molecule has 1 saturated carbocycles. The number of amides is 1. The van der Waals surface area contributed by atoms with Crippen molar-refractivity contribution in [2.75, 3.05) is 13.2 Å². The van der Waals surface area contributed by atoms with Gasteiger partial charge in [0.2, 0.25) is 5.91 Å². The van der Waals surface area contributed by atoms with Gasteiger partial charge in [0, 0.05) is 13.4 Å². The van der Waals surface area contributed by atoms with E-state index in [1.165, 1.54) is 6.08 Å². The first-order valence-corrected chi connectivity index (χ1v) is 6.87. The molecule has 0 aromatic heterocycles. The van der Waals surface area contributed by atoms with Crippen LogP contribution < -0.4 is 5.32 Å². The van der Waals surface area contributed by atoms with Crippen LogP contribution in [0, 0.1) is 10.8 Å². The molecule has 0 atom stereocenters. The van der Waals surface area contributed by atoms with Gasteiger partial charge in [-0.1, -0.05) is 27.4 Å². The van der Waals surface area contributed by atoms with Gasteiger partial charge in [0.25, 0.3) is 0 Å². The number of hydrogen-bond acceptors (Lipinski definition) is 2. The van der Waals surface area contributed by atoms with Gasteiger partial charge in [-0.25, -0.2) is 0 Å². The molecule has 2 heterocycles. The largest absolute Gasteiger partial charge is 0.374 e. The highest BCUT2D eigenvalue weighted by Gasteiger charge is 2.54. The average Bonchev–Trinajstić information content (AvgIpc) is 2.37. The fourth-order valence-electron chi connectivity index (χ4n) is 3.31. The van der Waals surface area contributed by atoms with Crippen molar-refractivity contribution in [3.8, 4) is 0 Å². The Morgan fingerprint density at radius 1 is 1.39 bits per heavy atom. The van der Waals surface area contributed by atoms with E-state index in [-0.39, 0.29) is 23.8 Å². The standard InChI is InChI=1S/C15H25NO2.H2/c1-5-12(17)16-10-14-6-8-15(9-7-14,18-11-14)13(2,3)4;/h5H,1,6-11H2,2-4H3,(H,16,17);1H. The summed E-state index contributed by atoms with van der Waals surface area (Å²) in [7, 11) is 0. The van der Waals surface area contributed by atoms with E-state index < -0.39 is 0 Å². The number of rotatable bonds is 3. The van der Waals surface area contributed by atoms with Crippen molar-refractivity contribution in [1.82, 2.24) is 5.32 Å².